The molecular formula is C26H31N3O6. The molecule has 186 valence electrons. The number of piperazine rings is 1. The molecule has 9 heteroatoms. The van der Waals surface area contributed by atoms with E-state index in [4.69, 9.17) is 9.84 Å². The van der Waals surface area contributed by atoms with Crippen LogP contribution >= 0.6 is 0 Å². The summed E-state index contributed by atoms with van der Waals surface area (Å²) in [7, 11) is 0. The van der Waals surface area contributed by atoms with Crippen molar-refractivity contribution in [1.29, 1.82) is 0 Å². The normalized spacial score (nSPS) is 17.3. The summed E-state index contributed by atoms with van der Waals surface area (Å²) in [5, 5.41) is 21.9. The van der Waals surface area contributed by atoms with Gasteiger partial charge in [-0.05, 0) is 29.2 Å². The molecule has 35 heavy (non-hydrogen) atoms. The van der Waals surface area contributed by atoms with E-state index in [9.17, 15) is 19.5 Å². The van der Waals surface area contributed by atoms with Crippen LogP contribution in [0.25, 0.3) is 11.1 Å². The highest BCUT2D eigenvalue weighted by Crippen LogP contribution is 2.44. The monoisotopic (exact) mass is 481 g/mol. The van der Waals surface area contributed by atoms with Crippen LogP contribution in [0.3, 0.4) is 0 Å². The fourth-order valence-corrected chi connectivity index (χ4v) is 4.77. The number of alkyl carbamates (subject to hydrolysis) is 1. The lowest BCUT2D eigenvalue weighted by molar-refractivity contribution is -0.144. The number of hydrogen-bond donors (Lipinski definition) is 3. The first-order chi connectivity index (χ1) is 16.8. The molecule has 1 heterocycles. The van der Waals surface area contributed by atoms with Crippen molar-refractivity contribution in [1.82, 2.24) is 15.1 Å². The second kappa shape index (κ2) is 10.9. The summed E-state index contributed by atoms with van der Waals surface area (Å²) >= 11 is 0. The predicted octanol–water partition coefficient (Wildman–Crippen LogP) is 1.89. The third-order valence-electron chi connectivity index (χ3n) is 6.81. The zero-order chi connectivity index (χ0) is 24.9. The summed E-state index contributed by atoms with van der Waals surface area (Å²) in [6, 6.07) is 15.5. The van der Waals surface area contributed by atoms with Gasteiger partial charge in [-0.3, -0.25) is 14.5 Å². The van der Waals surface area contributed by atoms with Crippen LogP contribution in [0.5, 0.6) is 0 Å². The van der Waals surface area contributed by atoms with Crippen LogP contribution < -0.4 is 5.32 Å². The number of carbonyl (C=O) groups is 3. The molecule has 0 radical (unpaired) electrons. The minimum Gasteiger partial charge on any atom is -0.480 e. The van der Waals surface area contributed by atoms with Crippen molar-refractivity contribution in [2.24, 2.45) is 0 Å². The number of nitrogens with zero attached hydrogens (tertiary/aromatic N) is 2. The summed E-state index contributed by atoms with van der Waals surface area (Å²) < 4.78 is 5.45. The van der Waals surface area contributed by atoms with Gasteiger partial charge in [-0.1, -0.05) is 48.5 Å². The third-order valence-corrected chi connectivity index (χ3v) is 6.81. The van der Waals surface area contributed by atoms with Crippen molar-refractivity contribution in [2.75, 3.05) is 39.3 Å². The van der Waals surface area contributed by atoms with Gasteiger partial charge in [-0.2, -0.15) is 0 Å². The number of fused-ring (bicyclic) bond motifs is 3. The van der Waals surface area contributed by atoms with Crippen LogP contribution in [-0.2, 0) is 14.3 Å². The van der Waals surface area contributed by atoms with Crippen molar-refractivity contribution in [3.8, 4) is 11.1 Å². The van der Waals surface area contributed by atoms with E-state index in [0.29, 0.717) is 26.2 Å². The molecule has 2 amide bonds. The second-order valence-corrected chi connectivity index (χ2v) is 9.00. The van der Waals surface area contributed by atoms with Gasteiger partial charge in [0.1, 0.15) is 12.6 Å². The zero-order valence-corrected chi connectivity index (χ0v) is 19.7. The number of benzene rings is 2. The van der Waals surface area contributed by atoms with E-state index >= 15 is 0 Å². The molecule has 1 aliphatic carbocycles. The van der Waals surface area contributed by atoms with E-state index in [0.717, 1.165) is 22.3 Å². The van der Waals surface area contributed by atoms with Gasteiger partial charge in [-0.25, -0.2) is 4.79 Å². The Balaban J connectivity index is 1.21. The molecule has 1 aliphatic heterocycles. The number of amides is 2. The number of nitrogens with one attached hydrogen (secondary N) is 1. The summed E-state index contributed by atoms with van der Waals surface area (Å²) in [5.41, 5.74) is 4.52. The zero-order valence-electron chi connectivity index (χ0n) is 19.7. The van der Waals surface area contributed by atoms with Gasteiger partial charge < -0.3 is 25.2 Å². The average molecular weight is 482 g/mol. The lowest BCUT2D eigenvalue weighted by Crippen LogP contribution is -2.53. The van der Waals surface area contributed by atoms with E-state index in [1.165, 1.54) is 0 Å². The Labute approximate surface area is 204 Å². The lowest BCUT2D eigenvalue weighted by atomic mass is 9.98. The Morgan fingerprint density at radius 1 is 1.00 bits per heavy atom. The molecule has 0 bridgehead atoms. The standard InChI is InChI=1S/C26H31N3O6/c1-17(25(32)33)28-10-12-29(13-11-28)24(31)14-18(30)15-27-26(34)35-16-23-21-8-4-2-6-19(21)20-7-3-5-9-22(20)23/h2-9,17-18,23,30H,10-16H2,1H3,(H,27,34)(H,32,33). The Kier molecular flexibility index (Phi) is 7.67. The number of carbonyl (C=O) groups excluding carboxylic acids is 2. The van der Waals surface area contributed by atoms with E-state index in [1.807, 2.05) is 36.4 Å². The maximum absolute atomic E-state index is 12.5. The van der Waals surface area contributed by atoms with Crippen molar-refractivity contribution >= 4 is 18.0 Å². The van der Waals surface area contributed by atoms with Crippen LogP contribution in [0.2, 0.25) is 0 Å². The fourth-order valence-electron chi connectivity index (χ4n) is 4.77. The highest BCUT2D eigenvalue weighted by molar-refractivity contribution is 5.79. The molecule has 9 nitrogen and oxygen atoms in total. The predicted molar refractivity (Wildman–Crippen MR) is 129 cm³/mol. The van der Waals surface area contributed by atoms with Crippen LogP contribution in [-0.4, -0.2) is 89.5 Å². The minimum absolute atomic E-state index is 0.0536. The molecule has 2 aromatic rings. The van der Waals surface area contributed by atoms with Crippen molar-refractivity contribution in [3.63, 3.8) is 0 Å². The van der Waals surface area contributed by atoms with Crippen LogP contribution in [0.4, 0.5) is 4.79 Å². The molecular weight excluding hydrogens is 450 g/mol. The number of ether oxygens (including phenoxy) is 1. The summed E-state index contributed by atoms with van der Waals surface area (Å²) in [5.74, 6) is -1.17. The molecule has 2 atom stereocenters. The fraction of sp³-hybridized carbons (Fsp3) is 0.423. The quantitative estimate of drug-likeness (QED) is 0.527. The van der Waals surface area contributed by atoms with Gasteiger partial charge in [0.15, 0.2) is 0 Å². The highest BCUT2D eigenvalue weighted by atomic mass is 16.5. The van der Waals surface area contributed by atoms with E-state index in [1.54, 1.807) is 16.7 Å². The molecule has 2 unspecified atom stereocenters. The summed E-state index contributed by atoms with van der Waals surface area (Å²) in [6.45, 7) is 3.44. The van der Waals surface area contributed by atoms with Gasteiger partial charge >= 0.3 is 12.1 Å². The number of aliphatic carboxylic acids is 1. The number of aliphatic hydroxyl groups is 1. The Hall–Kier alpha value is -3.43. The molecule has 0 aromatic heterocycles. The molecule has 1 saturated heterocycles. The van der Waals surface area contributed by atoms with Gasteiger partial charge in [0.2, 0.25) is 5.91 Å². The van der Waals surface area contributed by atoms with Crippen molar-refractivity contribution in [2.45, 2.75) is 31.4 Å². The first kappa shape index (κ1) is 24.7. The van der Waals surface area contributed by atoms with Crippen LogP contribution in [0.15, 0.2) is 48.5 Å². The lowest BCUT2D eigenvalue weighted by Gasteiger charge is -2.36. The Morgan fingerprint density at radius 3 is 2.14 bits per heavy atom. The SMILES string of the molecule is CC(C(=O)O)N1CCN(C(=O)CC(O)CNC(=O)OCC2c3ccccc3-c3ccccc32)CC1. The van der Waals surface area contributed by atoms with Crippen LogP contribution in [0, 0.1) is 0 Å². The molecule has 4 rings (SSSR count). The van der Waals surface area contributed by atoms with E-state index < -0.39 is 24.2 Å². The van der Waals surface area contributed by atoms with Gasteiger partial charge in [0.05, 0.1) is 12.5 Å². The molecule has 1 fully saturated rings. The average Bonchev–Trinajstić information content (AvgIpc) is 3.19. The maximum Gasteiger partial charge on any atom is 0.407 e. The molecule has 0 spiro atoms. The summed E-state index contributed by atoms with van der Waals surface area (Å²) in [4.78, 5) is 39.3. The first-order valence-corrected chi connectivity index (χ1v) is 11.9. The van der Waals surface area contributed by atoms with Gasteiger partial charge in [0, 0.05) is 38.6 Å². The third kappa shape index (κ3) is 5.63. The van der Waals surface area contributed by atoms with Crippen molar-refractivity contribution in [3.05, 3.63) is 59.7 Å². The minimum atomic E-state index is -1.04. The smallest absolute Gasteiger partial charge is 0.407 e. The number of rotatable bonds is 8. The second-order valence-electron chi connectivity index (χ2n) is 9.00. The molecule has 3 N–H and O–H groups in total. The molecule has 2 aliphatic rings. The van der Waals surface area contributed by atoms with E-state index in [2.05, 4.69) is 17.4 Å². The number of carboxylic acid groups (broad SMARTS) is 1. The number of aliphatic hydroxyl groups excluding tert-OH is 1. The molecule has 2 aromatic carbocycles. The Morgan fingerprint density at radius 2 is 1.57 bits per heavy atom. The summed E-state index contributed by atoms with van der Waals surface area (Å²) in [6.07, 6.45) is -1.81. The van der Waals surface area contributed by atoms with Gasteiger partial charge in [-0.15, -0.1) is 0 Å². The highest BCUT2D eigenvalue weighted by Gasteiger charge is 2.30. The van der Waals surface area contributed by atoms with Crippen molar-refractivity contribution < 1.29 is 29.3 Å². The maximum atomic E-state index is 12.5. The Bertz CT molecular complexity index is 1040. The largest absolute Gasteiger partial charge is 0.480 e. The van der Waals surface area contributed by atoms with Crippen LogP contribution in [0.1, 0.15) is 30.4 Å². The van der Waals surface area contributed by atoms with E-state index in [-0.39, 0.29) is 31.4 Å². The topological polar surface area (TPSA) is 119 Å². The number of carboxylic acids is 1. The first-order valence-electron chi connectivity index (χ1n) is 11.9. The van der Waals surface area contributed by atoms with Gasteiger partial charge in [0.25, 0.3) is 0 Å². The molecule has 0 saturated carbocycles. The number of hydrogen-bond acceptors (Lipinski definition) is 6.